The Balaban J connectivity index is 1.38. The smallest absolute Gasteiger partial charge is 0.222 e. The van der Waals surface area contributed by atoms with E-state index in [0.717, 1.165) is 43.8 Å². The normalized spacial score (nSPS) is 15.2. The monoisotopic (exact) mass is 382 g/mol. The fourth-order valence-corrected chi connectivity index (χ4v) is 3.53. The van der Waals surface area contributed by atoms with E-state index in [0.29, 0.717) is 19.6 Å². The third kappa shape index (κ3) is 6.08. The van der Waals surface area contributed by atoms with Gasteiger partial charge < -0.3 is 14.7 Å². The zero-order chi connectivity index (χ0) is 19.8. The van der Waals surface area contributed by atoms with Gasteiger partial charge in [-0.05, 0) is 43.1 Å². The number of aliphatic hydroxyl groups excluding tert-OH is 1. The SMILES string of the molecule is CN(Cc1ccc(OCCCN2CCCC2=O)cc1)C[C@@H](O)c1ccccc1. The number of hydrogen-bond acceptors (Lipinski definition) is 4. The van der Waals surface area contributed by atoms with Crippen LogP contribution in [-0.4, -0.2) is 54.1 Å². The Bertz CT molecular complexity index is 733. The molecule has 1 amide bonds. The first-order valence-corrected chi connectivity index (χ1v) is 10.0. The van der Waals surface area contributed by atoms with E-state index in [1.807, 2.05) is 54.4 Å². The molecule has 28 heavy (non-hydrogen) atoms. The molecule has 0 aromatic heterocycles. The summed E-state index contributed by atoms with van der Waals surface area (Å²) in [5, 5.41) is 10.3. The summed E-state index contributed by atoms with van der Waals surface area (Å²) < 4.78 is 5.79. The first-order chi connectivity index (χ1) is 13.6. The summed E-state index contributed by atoms with van der Waals surface area (Å²) in [5.41, 5.74) is 2.12. The third-order valence-electron chi connectivity index (χ3n) is 5.06. The van der Waals surface area contributed by atoms with Gasteiger partial charge >= 0.3 is 0 Å². The van der Waals surface area contributed by atoms with E-state index in [1.54, 1.807) is 0 Å². The molecule has 0 bridgehead atoms. The van der Waals surface area contributed by atoms with Crippen LogP contribution in [0.15, 0.2) is 54.6 Å². The highest BCUT2D eigenvalue weighted by molar-refractivity contribution is 5.77. The van der Waals surface area contributed by atoms with Gasteiger partial charge in [0.1, 0.15) is 5.75 Å². The Kier molecular flexibility index (Phi) is 7.46. The number of carbonyl (C=O) groups is 1. The predicted molar refractivity (Wildman–Crippen MR) is 110 cm³/mol. The lowest BCUT2D eigenvalue weighted by atomic mass is 10.1. The quantitative estimate of drug-likeness (QED) is 0.641. The first-order valence-electron chi connectivity index (χ1n) is 10.0. The molecule has 0 unspecified atom stereocenters. The summed E-state index contributed by atoms with van der Waals surface area (Å²) in [5.74, 6) is 1.12. The fourth-order valence-electron chi connectivity index (χ4n) is 3.53. The van der Waals surface area contributed by atoms with Crippen molar-refractivity contribution in [3.8, 4) is 5.75 Å². The van der Waals surface area contributed by atoms with Crippen LogP contribution in [0.25, 0.3) is 0 Å². The van der Waals surface area contributed by atoms with Gasteiger partial charge in [0.15, 0.2) is 0 Å². The molecule has 0 saturated carbocycles. The second-order valence-electron chi connectivity index (χ2n) is 7.45. The van der Waals surface area contributed by atoms with E-state index in [2.05, 4.69) is 17.0 Å². The molecule has 0 radical (unpaired) electrons. The number of likely N-dealkylation sites (N-methyl/N-ethyl adjacent to an activating group) is 1. The highest BCUT2D eigenvalue weighted by Crippen LogP contribution is 2.17. The molecule has 1 aliphatic heterocycles. The molecular weight excluding hydrogens is 352 g/mol. The molecule has 1 N–H and O–H groups in total. The summed E-state index contributed by atoms with van der Waals surface area (Å²) in [7, 11) is 2.01. The van der Waals surface area contributed by atoms with Gasteiger partial charge in [0.25, 0.3) is 0 Å². The van der Waals surface area contributed by atoms with E-state index in [4.69, 9.17) is 4.74 Å². The second kappa shape index (κ2) is 10.2. The Hall–Kier alpha value is -2.37. The van der Waals surface area contributed by atoms with Crippen LogP contribution < -0.4 is 4.74 Å². The number of ether oxygens (including phenoxy) is 1. The number of rotatable bonds is 10. The van der Waals surface area contributed by atoms with Crippen LogP contribution in [0.3, 0.4) is 0 Å². The standard InChI is InChI=1S/C23H30N2O3/c1-24(18-22(26)20-7-3-2-4-8-20)17-19-10-12-21(13-11-19)28-16-6-15-25-14-5-9-23(25)27/h2-4,7-8,10-13,22,26H,5-6,9,14-18H2,1H3/t22-/m1/s1. The van der Waals surface area contributed by atoms with E-state index >= 15 is 0 Å². The second-order valence-corrected chi connectivity index (χ2v) is 7.45. The van der Waals surface area contributed by atoms with Crippen molar-refractivity contribution in [1.29, 1.82) is 0 Å². The number of aliphatic hydroxyl groups is 1. The molecule has 2 aromatic rings. The highest BCUT2D eigenvalue weighted by atomic mass is 16.5. The molecule has 1 aliphatic rings. The minimum absolute atomic E-state index is 0.269. The van der Waals surface area contributed by atoms with Gasteiger partial charge in [0.05, 0.1) is 12.7 Å². The number of benzene rings is 2. The van der Waals surface area contributed by atoms with Gasteiger partial charge in [0.2, 0.25) is 5.91 Å². The molecule has 1 saturated heterocycles. The Labute approximate surface area is 167 Å². The van der Waals surface area contributed by atoms with E-state index in [1.165, 1.54) is 5.56 Å². The molecule has 1 atom stereocenters. The molecule has 0 aliphatic carbocycles. The average molecular weight is 383 g/mol. The van der Waals surface area contributed by atoms with Crippen LogP contribution in [0.5, 0.6) is 5.75 Å². The number of likely N-dealkylation sites (tertiary alicyclic amines) is 1. The molecular formula is C23H30N2O3. The maximum absolute atomic E-state index is 11.6. The summed E-state index contributed by atoms with van der Waals surface area (Å²) in [4.78, 5) is 15.6. The number of amides is 1. The Morgan fingerprint density at radius 1 is 1.14 bits per heavy atom. The van der Waals surface area contributed by atoms with E-state index in [-0.39, 0.29) is 5.91 Å². The van der Waals surface area contributed by atoms with Gasteiger partial charge in [-0.2, -0.15) is 0 Å². The van der Waals surface area contributed by atoms with Crippen molar-refractivity contribution in [2.75, 3.05) is 33.3 Å². The highest BCUT2D eigenvalue weighted by Gasteiger charge is 2.19. The van der Waals surface area contributed by atoms with E-state index in [9.17, 15) is 9.90 Å². The van der Waals surface area contributed by atoms with E-state index < -0.39 is 6.10 Å². The molecule has 1 fully saturated rings. The van der Waals surface area contributed by atoms with Crippen molar-refractivity contribution in [3.05, 3.63) is 65.7 Å². The summed E-state index contributed by atoms with van der Waals surface area (Å²) in [6, 6.07) is 17.8. The molecule has 3 rings (SSSR count). The van der Waals surface area contributed by atoms with Crippen molar-refractivity contribution in [2.45, 2.75) is 31.9 Å². The lowest BCUT2D eigenvalue weighted by Crippen LogP contribution is -2.26. The van der Waals surface area contributed by atoms with Crippen LogP contribution >= 0.6 is 0 Å². The van der Waals surface area contributed by atoms with Gasteiger partial charge in [-0.1, -0.05) is 42.5 Å². The minimum atomic E-state index is -0.490. The lowest BCUT2D eigenvalue weighted by molar-refractivity contribution is -0.127. The van der Waals surface area contributed by atoms with Gasteiger partial charge in [-0.15, -0.1) is 0 Å². The molecule has 0 spiro atoms. The van der Waals surface area contributed by atoms with Crippen molar-refractivity contribution in [2.24, 2.45) is 0 Å². The number of hydrogen-bond donors (Lipinski definition) is 1. The maximum atomic E-state index is 11.6. The Morgan fingerprint density at radius 3 is 2.57 bits per heavy atom. The van der Waals surface area contributed by atoms with Gasteiger partial charge in [-0.25, -0.2) is 0 Å². The van der Waals surface area contributed by atoms with Crippen LogP contribution in [0.2, 0.25) is 0 Å². The first kappa shape index (κ1) is 20.4. The summed E-state index contributed by atoms with van der Waals surface area (Å²) in [6.45, 7) is 3.64. The summed E-state index contributed by atoms with van der Waals surface area (Å²) in [6.07, 6.45) is 2.04. The van der Waals surface area contributed by atoms with Crippen molar-refractivity contribution in [3.63, 3.8) is 0 Å². The number of nitrogens with zero attached hydrogens (tertiary/aromatic N) is 2. The molecule has 150 valence electrons. The Morgan fingerprint density at radius 2 is 1.89 bits per heavy atom. The minimum Gasteiger partial charge on any atom is -0.494 e. The average Bonchev–Trinajstić information content (AvgIpc) is 3.12. The van der Waals surface area contributed by atoms with Crippen molar-refractivity contribution in [1.82, 2.24) is 9.80 Å². The van der Waals surface area contributed by atoms with Crippen molar-refractivity contribution < 1.29 is 14.6 Å². The van der Waals surface area contributed by atoms with Crippen LogP contribution in [0.1, 0.15) is 36.5 Å². The topological polar surface area (TPSA) is 53.0 Å². The predicted octanol–water partition coefficient (Wildman–Crippen LogP) is 3.24. The van der Waals surface area contributed by atoms with Crippen LogP contribution in [0, 0.1) is 0 Å². The number of carbonyl (C=O) groups excluding carboxylic acids is 1. The lowest BCUT2D eigenvalue weighted by Gasteiger charge is -2.21. The molecule has 1 heterocycles. The zero-order valence-electron chi connectivity index (χ0n) is 16.6. The van der Waals surface area contributed by atoms with Crippen molar-refractivity contribution >= 4 is 5.91 Å². The van der Waals surface area contributed by atoms with Crippen LogP contribution in [0.4, 0.5) is 0 Å². The summed E-state index contributed by atoms with van der Waals surface area (Å²) >= 11 is 0. The fraction of sp³-hybridized carbons (Fsp3) is 0.435. The third-order valence-corrected chi connectivity index (χ3v) is 5.06. The zero-order valence-corrected chi connectivity index (χ0v) is 16.6. The molecule has 2 aromatic carbocycles. The van der Waals surface area contributed by atoms with Gasteiger partial charge in [-0.3, -0.25) is 9.69 Å². The van der Waals surface area contributed by atoms with Gasteiger partial charge in [0, 0.05) is 32.6 Å². The van der Waals surface area contributed by atoms with Crippen LogP contribution in [-0.2, 0) is 11.3 Å². The molecule has 5 nitrogen and oxygen atoms in total. The maximum Gasteiger partial charge on any atom is 0.222 e. The molecule has 5 heteroatoms. The largest absolute Gasteiger partial charge is 0.494 e.